The molecule has 0 aliphatic rings. The second-order valence-corrected chi connectivity index (χ2v) is 4.50. The number of nitrogens with zero attached hydrogens (tertiary/aromatic N) is 2. The molecule has 1 aromatic rings. The molecule has 5 nitrogen and oxygen atoms in total. The Morgan fingerprint density at radius 3 is 2.67 bits per heavy atom. The van der Waals surface area contributed by atoms with E-state index < -0.39 is 4.92 Å². The minimum absolute atomic E-state index is 0.0489. The van der Waals surface area contributed by atoms with Crippen LogP contribution in [0.2, 0.25) is 5.02 Å². The summed E-state index contributed by atoms with van der Waals surface area (Å²) >= 11 is 5.92. The largest absolute Gasteiger partial charge is 0.339 e. The summed E-state index contributed by atoms with van der Waals surface area (Å²) in [5.41, 5.74) is 0.0222. The molecule has 18 heavy (non-hydrogen) atoms. The summed E-state index contributed by atoms with van der Waals surface area (Å²) in [6.07, 6.45) is 0.800. The highest BCUT2D eigenvalue weighted by molar-refractivity contribution is 6.33. The van der Waals surface area contributed by atoms with E-state index in [0.29, 0.717) is 0 Å². The predicted molar refractivity (Wildman–Crippen MR) is 70.0 cm³/mol. The number of hydrogen-bond donors (Lipinski definition) is 0. The number of carbonyl (C=O) groups excluding carboxylic acids is 1. The van der Waals surface area contributed by atoms with Crippen molar-refractivity contribution in [3.63, 3.8) is 0 Å². The summed E-state index contributed by atoms with van der Waals surface area (Å²) in [6.45, 7) is 3.87. The summed E-state index contributed by atoms with van der Waals surface area (Å²) in [5, 5.41) is 10.9. The smallest absolute Gasteiger partial charge is 0.270 e. The van der Waals surface area contributed by atoms with E-state index in [0.717, 1.165) is 6.42 Å². The molecule has 0 bridgehead atoms. The molecule has 0 saturated carbocycles. The average molecular weight is 271 g/mol. The van der Waals surface area contributed by atoms with Gasteiger partial charge in [-0.15, -0.1) is 0 Å². The summed E-state index contributed by atoms with van der Waals surface area (Å²) in [6, 6.07) is 3.91. The summed E-state index contributed by atoms with van der Waals surface area (Å²) in [7, 11) is 1.66. The van der Waals surface area contributed by atoms with E-state index >= 15 is 0 Å². The summed E-state index contributed by atoms with van der Waals surface area (Å²) in [4.78, 5) is 23.8. The van der Waals surface area contributed by atoms with Crippen molar-refractivity contribution in [2.24, 2.45) is 0 Å². The van der Waals surface area contributed by atoms with E-state index in [1.165, 1.54) is 23.1 Å². The molecule has 1 unspecified atom stereocenters. The van der Waals surface area contributed by atoms with Gasteiger partial charge in [-0.25, -0.2) is 0 Å². The maximum absolute atomic E-state index is 12.2. The first kappa shape index (κ1) is 14.4. The molecule has 0 radical (unpaired) electrons. The number of carbonyl (C=O) groups is 1. The highest BCUT2D eigenvalue weighted by atomic mass is 35.5. The Labute approximate surface area is 110 Å². The fourth-order valence-corrected chi connectivity index (χ4v) is 1.65. The standard InChI is InChI=1S/C12H15ClN2O3/c1-4-8(2)14(3)12(16)10-7-9(15(17)18)5-6-11(10)13/h5-8H,4H2,1-3H3. The number of hydrogen-bond acceptors (Lipinski definition) is 3. The van der Waals surface area contributed by atoms with Crippen LogP contribution in [0.5, 0.6) is 0 Å². The third kappa shape index (κ3) is 2.98. The van der Waals surface area contributed by atoms with Gasteiger partial charge < -0.3 is 4.90 Å². The maximum atomic E-state index is 12.2. The van der Waals surface area contributed by atoms with E-state index in [4.69, 9.17) is 11.6 Å². The first-order valence-electron chi connectivity index (χ1n) is 5.59. The molecule has 0 saturated heterocycles. The van der Waals surface area contributed by atoms with E-state index in [9.17, 15) is 14.9 Å². The van der Waals surface area contributed by atoms with E-state index in [2.05, 4.69) is 0 Å². The van der Waals surface area contributed by atoms with Crippen LogP contribution in [-0.2, 0) is 0 Å². The van der Waals surface area contributed by atoms with Crippen LogP contribution >= 0.6 is 11.6 Å². The first-order valence-corrected chi connectivity index (χ1v) is 5.97. The molecule has 98 valence electrons. The van der Waals surface area contributed by atoms with Crippen molar-refractivity contribution in [2.45, 2.75) is 26.3 Å². The second-order valence-electron chi connectivity index (χ2n) is 4.09. The Hall–Kier alpha value is -1.62. The topological polar surface area (TPSA) is 63.5 Å². The van der Waals surface area contributed by atoms with Gasteiger partial charge in [0.25, 0.3) is 11.6 Å². The van der Waals surface area contributed by atoms with Gasteiger partial charge in [-0.1, -0.05) is 18.5 Å². The van der Waals surface area contributed by atoms with Gasteiger partial charge in [0, 0.05) is 25.2 Å². The summed E-state index contributed by atoms with van der Waals surface area (Å²) in [5.74, 6) is -0.307. The van der Waals surface area contributed by atoms with Crippen LogP contribution in [0.1, 0.15) is 30.6 Å². The zero-order valence-corrected chi connectivity index (χ0v) is 11.3. The zero-order chi connectivity index (χ0) is 13.9. The van der Waals surface area contributed by atoms with Crippen molar-refractivity contribution in [1.82, 2.24) is 4.90 Å². The van der Waals surface area contributed by atoms with Crippen LogP contribution in [0.25, 0.3) is 0 Å². The number of amides is 1. The minimum atomic E-state index is -0.545. The van der Waals surface area contributed by atoms with Crippen molar-refractivity contribution in [2.75, 3.05) is 7.05 Å². The third-order valence-corrected chi connectivity index (χ3v) is 3.29. The third-order valence-electron chi connectivity index (χ3n) is 2.96. The Balaban J connectivity index is 3.12. The molecular formula is C12H15ClN2O3. The van der Waals surface area contributed by atoms with Crippen molar-refractivity contribution in [3.8, 4) is 0 Å². The molecular weight excluding hydrogens is 256 g/mol. The first-order chi connectivity index (χ1) is 8.38. The second kappa shape index (κ2) is 5.82. The normalized spacial score (nSPS) is 12.0. The van der Waals surface area contributed by atoms with Crippen molar-refractivity contribution in [3.05, 3.63) is 38.9 Å². The number of nitro benzene ring substituents is 1. The molecule has 0 aromatic heterocycles. The molecule has 0 spiro atoms. The van der Waals surface area contributed by atoms with E-state index in [1.807, 2.05) is 13.8 Å². The Bertz CT molecular complexity index is 476. The van der Waals surface area contributed by atoms with Crippen molar-refractivity contribution in [1.29, 1.82) is 0 Å². The highest BCUT2D eigenvalue weighted by Crippen LogP contribution is 2.23. The number of halogens is 1. The van der Waals surface area contributed by atoms with Gasteiger partial charge in [0.1, 0.15) is 0 Å². The molecule has 0 heterocycles. The molecule has 1 atom stereocenters. The van der Waals surface area contributed by atoms with Crippen molar-refractivity contribution < 1.29 is 9.72 Å². The lowest BCUT2D eigenvalue weighted by molar-refractivity contribution is -0.384. The lowest BCUT2D eigenvalue weighted by Crippen LogP contribution is -2.34. The number of nitro groups is 1. The monoisotopic (exact) mass is 270 g/mol. The van der Waals surface area contributed by atoms with Crippen LogP contribution in [-0.4, -0.2) is 28.8 Å². The van der Waals surface area contributed by atoms with Gasteiger partial charge in [0.15, 0.2) is 0 Å². The fraction of sp³-hybridized carbons (Fsp3) is 0.417. The maximum Gasteiger partial charge on any atom is 0.270 e. The fourth-order valence-electron chi connectivity index (χ4n) is 1.45. The molecule has 0 N–H and O–H groups in total. The van der Waals surface area contributed by atoms with Gasteiger partial charge in [-0.05, 0) is 19.4 Å². The summed E-state index contributed by atoms with van der Waals surface area (Å²) < 4.78 is 0. The quantitative estimate of drug-likeness (QED) is 0.624. The van der Waals surface area contributed by atoms with Crippen LogP contribution in [0.4, 0.5) is 5.69 Å². The van der Waals surface area contributed by atoms with Gasteiger partial charge in [0.2, 0.25) is 0 Å². The molecule has 1 amide bonds. The SMILES string of the molecule is CCC(C)N(C)C(=O)c1cc([N+](=O)[O-])ccc1Cl. The van der Waals surface area contributed by atoms with Crippen LogP contribution < -0.4 is 0 Å². The Kier molecular flexibility index (Phi) is 4.67. The van der Waals surface area contributed by atoms with Crippen LogP contribution in [0.15, 0.2) is 18.2 Å². The van der Waals surface area contributed by atoms with Crippen LogP contribution in [0, 0.1) is 10.1 Å². The average Bonchev–Trinajstić information content (AvgIpc) is 2.36. The van der Waals surface area contributed by atoms with E-state index in [-0.39, 0.29) is 28.2 Å². The van der Waals surface area contributed by atoms with Gasteiger partial charge in [0.05, 0.1) is 15.5 Å². The van der Waals surface area contributed by atoms with Crippen molar-refractivity contribution >= 4 is 23.2 Å². The Morgan fingerprint density at radius 2 is 2.17 bits per heavy atom. The molecule has 0 fully saturated rings. The van der Waals surface area contributed by atoms with Gasteiger partial charge in [-0.2, -0.15) is 0 Å². The van der Waals surface area contributed by atoms with Crippen LogP contribution in [0.3, 0.4) is 0 Å². The number of non-ortho nitro benzene ring substituents is 1. The molecule has 1 rings (SSSR count). The zero-order valence-electron chi connectivity index (χ0n) is 10.5. The number of benzene rings is 1. The predicted octanol–water partition coefficient (Wildman–Crippen LogP) is 3.12. The van der Waals surface area contributed by atoms with Gasteiger partial charge >= 0.3 is 0 Å². The highest BCUT2D eigenvalue weighted by Gasteiger charge is 2.21. The number of rotatable bonds is 4. The molecule has 0 aliphatic carbocycles. The molecule has 1 aromatic carbocycles. The minimum Gasteiger partial charge on any atom is -0.339 e. The lowest BCUT2D eigenvalue weighted by atomic mass is 10.1. The van der Waals surface area contributed by atoms with E-state index in [1.54, 1.807) is 7.05 Å². The lowest BCUT2D eigenvalue weighted by Gasteiger charge is -2.24. The molecule has 0 aliphatic heterocycles. The van der Waals surface area contributed by atoms with Gasteiger partial charge in [-0.3, -0.25) is 14.9 Å². The Morgan fingerprint density at radius 1 is 1.56 bits per heavy atom. The molecule has 6 heteroatoms.